The molecule has 6 atom stereocenters. The number of halogens is 1. The first-order chi connectivity index (χ1) is 21.2. The maximum Gasteiger partial charge on any atom is 0.272 e. The third kappa shape index (κ3) is 8.74. The fourth-order valence-corrected chi connectivity index (χ4v) is 5.46. The van der Waals surface area contributed by atoms with Gasteiger partial charge in [-0.15, -0.1) is 11.6 Å². The number of aromatic nitrogens is 2. The Morgan fingerprint density at radius 3 is 2.29 bits per heavy atom. The van der Waals surface area contributed by atoms with Gasteiger partial charge < -0.3 is 31.1 Å². The third-order valence-corrected chi connectivity index (χ3v) is 7.64. The van der Waals surface area contributed by atoms with Gasteiger partial charge in [0.05, 0.1) is 34.8 Å². The highest BCUT2D eigenvalue weighted by atomic mass is 35.5. The van der Waals surface area contributed by atoms with Crippen molar-refractivity contribution in [3.63, 3.8) is 0 Å². The minimum Gasteiger partial charge on any atom is -0.391 e. The van der Waals surface area contributed by atoms with Crippen LogP contribution in [0.2, 0.25) is 0 Å². The molecule has 1 aromatic heterocycles. The van der Waals surface area contributed by atoms with Crippen molar-refractivity contribution in [1.29, 1.82) is 0 Å². The molecule has 2 heterocycles. The molecule has 45 heavy (non-hydrogen) atoms. The molecule has 12 nitrogen and oxygen atoms in total. The third-order valence-electron chi connectivity index (χ3n) is 7.33. The number of nitrogens with zero attached hydrogens (tertiary/aromatic N) is 3. The van der Waals surface area contributed by atoms with Crippen molar-refractivity contribution in [2.45, 2.75) is 81.8 Å². The van der Waals surface area contributed by atoms with E-state index < -0.39 is 64.9 Å². The predicted octanol–water partition coefficient (Wildman–Crippen LogP) is 1.32. The molecule has 1 aliphatic rings. The highest BCUT2D eigenvalue weighted by molar-refractivity contribution is 6.21. The molecule has 13 heteroatoms. The van der Waals surface area contributed by atoms with Crippen LogP contribution >= 0.6 is 11.6 Å². The van der Waals surface area contributed by atoms with Crippen molar-refractivity contribution in [1.82, 2.24) is 30.8 Å². The molecule has 4 amide bonds. The van der Waals surface area contributed by atoms with E-state index >= 15 is 0 Å². The normalized spacial score (nSPS) is 19.3. The fourth-order valence-electron chi connectivity index (χ4n) is 5.14. The van der Waals surface area contributed by atoms with E-state index in [1.165, 1.54) is 18.0 Å². The first kappa shape index (κ1) is 33.8. The lowest BCUT2D eigenvalue weighted by molar-refractivity contribution is -0.147. The highest BCUT2D eigenvalue weighted by Gasteiger charge is 2.43. The number of rotatable bonds is 10. The maximum absolute atomic E-state index is 13.7. The summed E-state index contributed by atoms with van der Waals surface area (Å²) in [5.74, 6) is -2.76. The second kappa shape index (κ2) is 14.3. The van der Waals surface area contributed by atoms with Crippen LogP contribution in [-0.2, 0) is 20.8 Å². The number of para-hydroxylation sites is 2. The van der Waals surface area contributed by atoms with Gasteiger partial charge in [0.25, 0.3) is 11.8 Å². The summed E-state index contributed by atoms with van der Waals surface area (Å²) in [5, 5.41) is 29.4. The first-order valence-electron chi connectivity index (χ1n) is 14.7. The predicted molar refractivity (Wildman–Crippen MR) is 168 cm³/mol. The summed E-state index contributed by atoms with van der Waals surface area (Å²) in [5.41, 5.74) is 1.14. The highest BCUT2D eigenvalue weighted by Crippen LogP contribution is 2.25. The van der Waals surface area contributed by atoms with E-state index in [2.05, 4.69) is 25.9 Å². The lowest BCUT2D eigenvalue weighted by atomic mass is 9.98. The number of hydrogen-bond acceptors (Lipinski definition) is 8. The molecule has 5 N–H and O–H groups in total. The standard InChI is InChI=1S/C32H39ClN6O6/c1-18(40)26(37-28(42)24-16-34-21-12-8-9-13-22(21)35-24)30(44)36-23(14-19-10-6-5-7-11-19)27(41)31(45)39-17-20(33)15-25(39)29(43)38-32(2,3)4/h5-13,16,18,20,23,25-27,40-41H,14-15,17H2,1-4H3,(H,36,44)(H,37,42)(H,38,43)/t18-,20+,23+,25+,26+,27+/m1/s1. The molecule has 0 unspecified atom stereocenters. The van der Waals surface area contributed by atoms with E-state index in [1.807, 2.05) is 20.8 Å². The lowest BCUT2D eigenvalue weighted by Crippen LogP contribution is -2.60. The van der Waals surface area contributed by atoms with E-state index in [4.69, 9.17) is 11.6 Å². The van der Waals surface area contributed by atoms with E-state index in [1.54, 1.807) is 54.6 Å². The molecule has 0 bridgehead atoms. The molecule has 1 saturated heterocycles. The maximum atomic E-state index is 13.7. The van der Waals surface area contributed by atoms with E-state index in [9.17, 15) is 29.4 Å². The molecule has 2 aromatic carbocycles. The number of nitrogens with one attached hydrogen (secondary N) is 3. The van der Waals surface area contributed by atoms with Gasteiger partial charge in [-0.3, -0.25) is 24.2 Å². The SMILES string of the molecule is C[C@@H](O)[C@H](NC(=O)c1cnc2ccccc2n1)C(=O)N[C@@H](Cc1ccccc1)[C@H](O)C(=O)N1C[C@@H](Cl)C[C@H]1C(=O)NC(C)(C)C. The van der Waals surface area contributed by atoms with Gasteiger partial charge >= 0.3 is 0 Å². The molecular weight excluding hydrogens is 600 g/mol. The second-order valence-corrected chi connectivity index (χ2v) is 12.9. The minimum absolute atomic E-state index is 0.0326. The van der Waals surface area contributed by atoms with Gasteiger partial charge in [0.2, 0.25) is 11.8 Å². The van der Waals surface area contributed by atoms with Gasteiger partial charge in [0.15, 0.2) is 6.10 Å². The Kier molecular flexibility index (Phi) is 10.7. The van der Waals surface area contributed by atoms with Crippen LogP contribution in [0.4, 0.5) is 0 Å². The summed E-state index contributed by atoms with van der Waals surface area (Å²) in [6.45, 7) is 6.80. The molecule has 0 aliphatic carbocycles. The van der Waals surface area contributed by atoms with Crippen molar-refractivity contribution >= 4 is 46.3 Å². The molecule has 1 fully saturated rings. The van der Waals surface area contributed by atoms with Crippen LogP contribution in [0.1, 0.15) is 50.2 Å². The quantitative estimate of drug-likeness (QED) is 0.207. The summed E-state index contributed by atoms with van der Waals surface area (Å²) in [6.07, 6.45) is -1.63. The summed E-state index contributed by atoms with van der Waals surface area (Å²) in [4.78, 5) is 63.1. The molecule has 0 radical (unpaired) electrons. The Labute approximate surface area is 266 Å². The number of likely N-dealkylation sites (tertiary alicyclic amines) is 1. The van der Waals surface area contributed by atoms with Crippen molar-refractivity contribution in [2.75, 3.05) is 6.54 Å². The van der Waals surface area contributed by atoms with Gasteiger partial charge in [-0.1, -0.05) is 42.5 Å². The molecule has 4 rings (SSSR count). The average molecular weight is 639 g/mol. The monoisotopic (exact) mass is 638 g/mol. The molecule has 1 aliphatic heterocycles. The molecule has 240 valence electrons. The van der Waals surface area contributed by atoms with Gasteiger partial charge in [-0.25, -0.2) is 4.98 Å². The Balaban J connectivity index is 1.55. The van der Waals surface area contributed by atoms with Crippen LogP contribution in [0.3, 0.4) is 0 Å². The van der Waals surface area contributed by atoms with Gasteiger partial charge in [0, 0.05) is 12.1 Å². The summed E-state index contributed by atoms with van der Waals surface area (Å²) in [6, 6.07) is 12.3. The largest absolute Gasteiger partial charge is 0.391 e. The Morgan fingerprint density at radius 2 is 1.64 bits per heavy atom. The van der Waals surface area contributed by atoms with Crippen molar-refractivity contribution in [3.8, 4) is 0 Å². The van der Waals surface area contributed by atoms with E-state index in [0.717, 1.165) is 0 Å². The number of carbonyl (C=O) groups excluding carboxylic acids is 4. The number of hydrogen-bond donors (Lipinski definition) is 5. The van der Waals surface area contributed by atoms with E-state index in [-0.39, 0.29) is 25.1 Å². The Hall–Kier alpha value is -4.13. The van der Waals surface area contributed by atoms with E-state index in [0.29, 0.717) is 16.6 Å². The zero-order chi connectivity index (χ0) is 32.9. The fraction of sp³-hybridized carbons (Fsp3) is 0.438. The Bertz CT molecular complexity index is 1530. The molecule has 0 saturated carbocycles. The number of alkyl halides is 1. The summed E-state index contributed by atoms with van der Waals surface area (Å²) >= 11 is 6.36. The van der Waals surface area contributed by atoms with Crippen LogP contribution in [0, 0.1) is 0 Å². The van der Waals surface area contributed by atoms with Gasteiger partial charge in [-0.05, 0) is 58.2 Å². The van der Waals surface area contributed by atoms with Crippen LogP contribution in [0.5, 0.6) is 0 Å². The average Bonchev–Trinajstić information content (AvgIpc) is 3.39. The van der Waals surface area contributed by atoms with Crippen LogP contribution < -0.4 is 16.0 Å². The van der Waals surface area contributed by atoms with Crippen LogP contribution in [0.25, 0.3) is 11.0 Å². The zero-order valence-corrected chi connectivity index (χ0v) is 26.4. The summed E-state index contributed by atoms with van der Waals surface area (Å²) in [7, 11) is 0. The minimum atomic E-state index is -1.78. The number of aliphatic hydroxyl groups excluding tert-OH is 2. The number of aliphatic hydroxyl groups is 2. The molecule has 0 spiro atoms. The summed E-state index contributed by atoms with van der Waals surface area (Å²) < 4.78 is 0. The zero-order valence-electron chi connectivity index (χ0n) is 25.6. The Morgan fingerprint density at radius 1 is 1.00 bits per heavy atom. The first-order valence-corrected chi connectivity index (χ1v) is 15.2. The van der Waals surface area contributed by atoms with Gasteiger partial charge in [0.1, 0.15) is 17.8 Å². The lowest BCUT2D eigenvalue weighted by Gasteiger charge is -2.32. The van der Waals surface area contributed by atoms with Crippen molar-refractivity contribution in [3.05, 3.63) is 72.1 Å². The number of benzene rings is 2. The number of amides is 4. The molecule has 3 aromatic rings. The van der Waals surface area contributed by atoms with Gasteiger partial charge in [-0.2, -0.15) is 0 Å². The second-order valence-electron chi connectivity index (χ2n) is 12.3. The molecular formula is C32H39ClN6O6. The van der Waals surface area contributed by atoms with Crippen molar-refractivity contribution < 1.29 is 29.4 Å². The topological polar surface area (TPSA) is 174 Å². The smallest absolute Gasteiger partial charge is 0.272 e. The number of fused-ring (bicyclic) bond motifs is 1. The van der Waals surface area contributed by atoms with Crippen LogP contribution in [-0.4, -0.2) is 96.5 Å². The number of carbonyl (C=O) groups is 4. The van der Waals surface area contributed by atoms with Crippen molar-refractivity contribution in [2.24, 2.45) is 0 Å². The van der Waals surface area contributed by atoms with Crippen LogP contribution in [0.15, 0.2) is 60.8 Å².